The van der Waals surface area contributed by atoms with Crippen LogP contribution in [-0.2, 0) is 4.79 Å². The number of urea groups is 1. The molecule has 0 aromatic heterocycles. The summed E-state index contributed by atoms with van der Waals surface area (Å²) >= 11 is 3.43. The maximum atomic E-state index is 11.8. The average Bonchev–Trinajstić information content (AvgIpc) is 2.59. The van der Waals surface area contributed by atoms with E-state index < -0.39 is 11.9 Å². The topological polar surface area (TPSA) is 79.5 Å². The second kappa shape index (κ2) is 9.08. The number of anilines is 1. The summed E-state index contributed by atoms with van der Waals surface area (Å²) in [6.07, 6.45) is 0. The second-order valence-corrected chi connectivity index (χ2v) is 6.48. The van der Waals surface area contributed by atoms with Crippen LogP contribution in [0.25, 0.3) is 0 Å². The first-order chi connectivity index (χ1) is 12.0. The average molecular weight is 406 g/mol. The molecular formula is C18H20BrN3O3. The number of carbonyl (C=O) groups is 2. The lowest BCUT2D eigenvalue weighted by Gasteiger charge is -2.12. The van der Waals surface area contributed by atoms with Crippen LogP contribution >= 0.6 is 15.9 Å². The van der Waals surface area contributed by atoms with Crippen molar-refractivity contribution in [3.8, 4) is 5.75 Å². The zero-order valence-electron chi connectivity index (χ0n) is 14.0. The highest BCUT2D eigenvalue weighted by molar-refractivity contribution is 9.10. The predicted octanol–water partition coefficient (Wildman–Crippen LogP) is 3.80. The molecule has 0 atom stereocenters. The van der Waals surface area contributed by atoms with Crippen LogP contribution in [0, 0.1) is 0 Å². The van der Waals surface area contributed by atoms with Gasteiger partial charge in [-0.1, -0.05) is 38.1 Å². The number of benzene rings is 2. The van der Waals surface area contributed by atoms with Crippen molar-refractivity contribution in [2.24, 2.45) is 0 Å². The number of para-hydroxylation sites is 1. The van der Waals surface area contributed by atoms with E-state index in [1.807, 2.05) is 24.3 Å². The third-order valence-corrected chi connectivity index (χ3v) is 3.95. The first-order valence-corrected chi connectivity index (χ1v) is 8.58. The van der Waals surface area contributed by atoms with Gasteiger partial charge in [0.25, 0.3) is 5.91 Å². The van der Waals surface area contributed by atoms with Crippen molar-refractivity contribution in [3.63, 3.8) is 0 Å². The smallest absolute Gasteiger partial charge is 0.337 e. The van der Waals surface area contributed by atoms with E-state index in [0.29, 0.717) is 17.4 Å². The van der Waals surface area contributed by atoms with Crippen molar-refractivity contribution < 1.29 is 14.3 Å². The summed E-state index contributed by atoms with van der Waals surface area (Å²) in [4.78, 5) is 23.4. The first kappa shape index (κ1) is 18.8. The molecule has 0 aliphatic rings. The molecule has 2 aromatic carbocycles. The molecule has 2 rings (SSSR count). The molecule has 7 heteroatoms. The third kappa shape index (κ3) is 6.11. The Labute approximate surface area is 155 Å². The van der Waals surface area contributed by atoms with Crippen molar-refractivity contribution in [2.45, 2.75) is 19.8 Å². The van der Waals surface area contributed by atoms with Gasteiger partial charge in [-0.15, -0.1) is 0 Å². The number of nitrogens with one attached hydrogen (secondary N) is 3. The minimum absolute atomic E-state index is 0.217. The molecule has 0 aliphatic carbocycles. The second-order valence-electron chi connectivity index (χ2n) is 5.63. The fourth-order valence-electron chi connectivity index (χ4n) is 1.98. The van der Waals surface area contributed by atoms with Gasteiger partial charge in [-0.3, -0.25) is 10.2 Å². The molecule has 3 amide bonds. The molecule has 0 radical (unpaired) electrons. The lowest BCUT2D eigenvalue weighted by atomic mass is 10.0. The van der Waals surface area contributed by atoms with Crippen molar-refractivity contribution in [2.75, 3.05) is 11.9 Å². The number of halogens is 1. The van der Waals surface area contributed by atoms with Gasteiger partial charge in [0, 0.05) is 5.69 Å². The summed E-state index contributed by atoms with van der Waals surface area (Å²) in [6, 6.07) is 14.1. The minimum Gasteiger partial charge on any atom is -0.483 e. The number of hydrazine groups is 1. The Kier molecular flexibility index (Phi) is 6.82. The number of rotatable bonds is 5. The Balaban J connectivity index is 1.76. The highest BCUT2D eigenvalue weighted by Gasteiger charge is 2.09. The van der Waals surface area contributed by atoms with E-state index in [0.717, 1.165) is 4.47 Å². The van der Waals surface area contributed by atoms with E-state index in [-0.39, 0.29) is 6.61 Å². The number of ether oxygens (including phenoxy) is 1. The molecule has 132 valence electrons. The van der Waals surface area contributed by atoms with Gasteiger partial charge in [0.1, 0.15) is 5.75 Å². The summed E-state index contributed by atoms with van der Waals surface area (Å²) in [6.45, 7) is 3.98. The van der Waals surface area contributed by atoms with Crippen molar-refractivity contribution >= 4 is 33.6 Å². The molecule has 25 heavy (non-hydrogen) atoms. The number of carbonyl (C=O) groups excluding carboxylic acids is 2. The van der Waals surface area contributed by atoms with Crippen molar-refractivity contribution in [1.29, 1.82) is 0 Å². The Hall–Kier alpha value is -2.54. The van der Waals surface area contributed by atoms with Gasteiger partial charge in [-0.2, -0.15) is 0 Å². The summed E-state index contributed by atoms with van der Waals surface area (Å²) in [5.74, 6) is 0.498. The summed E-state index contributed by atoms with van der Waals surface area (Å²) in [5.41, 5.74) is 6.34. The molecule has 0 aliphatic heterocycles. The molecular weight excluding hydrogens is 386 g/mol. The maximum Gasteiger partial charge on any atom is 0.337 e. The van der Waals surface area contributed by atoms with E-state index in [1.54, 1.807) is 24.3 Å². The molecule has 0 saturated carbocycles. The van der Waals surface area contributed by atoms with Gasteiger partial charge in [-0.25, -0.2) is 10.2 Å². The summed E-state index contributed by atoms with van der Waals surface area (Å²) in [7, 11) is 0. The molecule has 0 unspecified atom stereocenters. The highest BCUT2D eigenvalue weighted by atomic mass is 79.9. The molecule has 0 spiro atoms. The van der Waals surface area contributed by atoms with Crippen LogP contribution in [0.1, 0.15) is 25.3 Å². The molecule has 3 N–H and O–H groups in total. The zero-order chi connectivity index (χ0) is 18.2. The lowest BCUT2D eigenvalue weighted by molar-refractivity contribution is -0.123. The van der Waals surface area contributed by atoms with E-state index in [2.05, 4.69) is 45.9 Å². The van der Waals surface area contributed by atoms with Gasteiger partial charge >= 0.3 is 6.03 Å². The Bertz CT molecular complexity index is 736. The van der Waals surface area contributed by atoms with Crippen molar-refractivity contribution in [1.82, 2.24) is 10.9 Å². The monoisotopic (exact) mass is 405 g/mol. The van der Waals surface area contributed by atoms with Crippen molar-refractivity contribution in [3.05, 3.63) is 58.6 Å². The predicted molar refractivity (Wildman–Crippen MR) is 100 cm³/mol. The number of hydrogen-bond acceptors (Lipinski definition) is 3. The molecule has 0 bridgehead atoms. The summed E-state index contributed by atoms with van der Waals surface area (Å²) in [5, 5.41) is 2.58. The number of hydrogen-bond donors (Lipinski definition) is 3. The van der Waals surface area contributed by atoms with Crippen LogP contribution in [0.4, 0.5) is 10.5 Å². The Morgan fingerprint density at radius 3 is 2.44 bits per heavy atom. The van der Waals surface area contributed by atoms with Gasteiger partial charge < -0.3 is 10.1 Å². The fraction of sp³-hybridized carbons (Fsp3) is 0.222. The minimum atomic E-state index is -0.540. The van der Waals surface area contributed by atoms with Crippen LogP contribution in [0.5, 0.6) is 5.75 Å². The standard InChI is InChI=1S/C18H20BrN3O3/c1-12(2)13-8-9-16(15(19)10-13)25-11-17(23)21-22-18(24)20-14-6-4-3-5-7-14/h3-10,12H,11H2,1-2H3,(H,21,23)(H2,20,22,24). The van der Waals surface area contributed by atoms with Crippen LogP contribution in [0.3, 0.4) is 0 Å². The van der Waals surface area contributed by atoms with Gasteiger partial charge in [0.15, 0.2) is 6.61 Å². The molecule has 0 saturated heterocycles. The Morgan fingerprint density at radius 2 is 1.80 bits per heavy atom. The van der Waals surface area contributed by atoms with Gasteiger partial charge in [0.2, 0.25) is 0 Å². The molecule has 2 aromatic rings. The van der Waals surface area contributed by atoms with Crippen LogP contribution in [0.2, 0.25) is 0 Å². The van der Waals surface area contributed by atoms with Gasteiger partial charge in [0.05, 0.1) is 4.47 Å². The van der Waals surface area contributed by atoms with E-state index in [1.165, 1.54) is 5.56 Å². The summed E-state index contributed by atoms with van der Waals surface area (Å²) < 4.78 is 6.23. The molecule has 0 fully saturated rings. The number of amides is 3. The maximum absolute atomic E-state index is 11.8. The van der Waals surface area contributed by atoms with Crippen LogP contribution in [-0.4, -0.2) is 18.5 Å². The highest BCUT2D eigenvalue weighted by Crippen LogP contribution is 2.28. The normalized spacial score (nSPS) is 10.2. The lowest BCUT2D eigenvalue weighted by Crippen LogP contribution is -2.45. The zero-order valence-corrected chi connectivity index (χ0v) is 15.6. The van der Waals surface area contributed by atoms with Gasteiger partial charge in [-0.05, 0) is 51.7 Å². The largest absolute Gasteiger partial charge is 0.483 e. The Morgan fingerprint density at radius 1 is 1.08 bits per heavy atom. The van der Waals surface area contributed by atoms with E-state index in [9.17, 15) is 9.59 Å². The quantitative estimate of drug-likeness (QED) is 0.661. The van der Waals surface area contributed by atoms with E-state index in [4.69, 9.17) is 4.74 Å². The van der Waals surface area contributed by atoms with Crippen LogP contribution < -0.4 is 20.9 Å². The van der Waals surface area contributed by atoms with Crippen LogP contribution in [0.15, 0.2) is 53.0 Å². The fourth-order valence-corrected chi connectivity index (χ4v) is 2.49. The SMILES string of the molecule is CC(C)c1ccc(OCC(=O)NNC(=O)Nc2ccccc2)c(Br)c1. The first-order valence-electron chi connectivity index (χ1n) is 7.79. The van der Waals surface area contributed by atoms with E-state index >= 15 is 0 Å². The third-order valence-electron chi connectivity index (χ3n) is 3.33. The molecule has 6 nitrogen and oxygen atoms in total. The molecule has 0 heterocycles.